The first-order valence-corrected chi connectivity index (χ1v) is 14.8. The zero-order chi connectivity index (χ0) is 27.1. The van der Waals surface area contributed by atoms with E-state index in [1.54, 1.807) is 0 Å². The summed E-state index contributed by atoms with van der Waals surface area (Å²) < 4.78 is 33.1. The molecule has 7 nitrogen and oxygen atoms in total. The number of hydrogen-bond donors (Lipinski definition) is 2. The van der Waals surface area contributed by atoms with Crippen LogP contribution >= 0.6 is 0 Å². The molecule has 5 saturated heterocycles. The van der Waals surface area contributed by atoms with Gasteiger partial charge in [-0.3, -0.25) is 0 Å². The Hall–Kier alpha value is -0.280. The fourth-order valence-corrected chi connectivity index (χ4v) is 7.78. The monoisotopic (exact) mass is 524 g/mol. The fraction of sp³-hybridized carbons (Fsp3) is 1.00. The number of hydrogen-bond acceptors (Lipinski definition) is 7. The highest BCUT2D eigenvalue weighted by molar-refractivity contribution is 5.07. The summed E-state index contributed by atoms with van der Waals surface area (Å²) in [4.78, 5) is 0. The first-order valence-electron chi connectivity index (χ1n) is 14.8. The van der Waals surface area contributed by atoms with Crippen molar-refractivity contribution in [2.24, 2.45) is 0 Å². The van der Waals surface area contributed by atoms with Crippen LogP contribution in [0.1, 0.15) is 120 Å². The van der Waals surface area contributed by atoms with Crippen molar-refractivity contribution in [2.45, 2.75) is 190 Å². The van der Waals surface area contributed by atoms with E-state index in [1.165, 1.54) is 0 Å². The molecule has 0 aromatic carbocycles. The number of ether oxygens (including phenoxy) is 5. The predicted octanol–water partition coefficient (Wildman–Crippen LogP) is 4.83. The number of rotatable bonds is 6. The second-order valence-electron chi connectivity index (χ2n) is 14.8. The molecule has 5 fully saturated rings. The van der Waals surface area contributed by atoms with Crippen molar-refractivity contribution in [1.82, 2.24) is 0 Å². The van der Waals surface area contributed by atoms with Crippen LogP contribution in [-0.2, 0) is 23.7 Å². The molecule has 10 atom stereocenters. The zero-order valence-electron chi connectivity index (χ0n) is 24.5. The summed E-state index contributed by atoms with van der Waals surface area (Å²) in [6.07, 6.45) is 9.04. The Morgan fingerprint density at radius 2 is 0.811 bits per heavy atom. The Labute approximate surface area is 223 Å². The predicted molar refractivity (Wildman–Crippen MR) is 141 cm³/mol. The van der Waals surface area contributed by atoms with Gasteiger partial charge in [-0.15, -0.1) is 0 Å². The summed E-state index contributed by atoms with van der Waals surface area (Å²) >= 11 is 0. The van der Waals surface area contributed by atoms with Gasteiger partial charge in [0.25, 0.3) is 0 Å². The van der Waals surface area contributed by atoms with Crippen LogP contribution in [0.3, 0.4) is 0 Å². The maximum absolute atomic E-state index is 10.5. The van der Waals surface area contributed by atoms with Gasteiger partial charge >= 0.3 is 0 Å². The molecule has 0 aliphatic carbocycles. The lowest BCUT2D eigenvalue weighted by Gasteiger charge is -2.39. The average Bonchev–Trinajstić information content (AvgIpc) is 3.57. The van der Waals surface area contributed by atoms with Crippen molar-refractivity contribution in [3.63, 3.8) is 0 Å². The Kier molecular flexibility index (Phi) is 6.96. The maximum atomic E-state index is 10.5. The highest BCUT2D eigenvalue weighted by Crippen LogP contribution is 2.51. The van der Waals surface area contributed by atoms with Crippen molar-refractivity contribution in [2.75, 3.05) is 0 Å². The van der Waals surface area contributed by atoms with E-state index in [1.807, 2.05) is 27.7 Å². The van der Waals surface area contributed by atoms with Gasteiger partial charge in [-0.05, 0) is 120 Å². The van der Waals surface area contributed by atoms with E-state index in [2.05, 4.69) is 27.7 Å². The molecule has 0 aromatic heterocycles. The van der Waals surface area contributed by atoms with Crippen LogP contribution in [-0.4, -0.2) is 80.4 Å². The van der Waals surface area contributed by atoms with Crippen molar-refractivity contribution < 1.29 is 33.9 Å². The van der Waals surface area contributed by atoms with Gasteiger partial charge < -0.3 is 33.9 Å². The molecular formula is C30H52O7. The largest absolute Gasteiger partial charge is 0.388 e. The molecule has 5 rings (SSSR count). The molecule has 0 saturated carbocycles. The molecule has 0 radical (unpaired) electrons. The normalized spacial score (nSPS) is 51.4. The van der Waals surface area contributed by atoms with Gasteiger partial charge in [0.1, 0.15) is 0 Å². The Bertz CT molecular complexity index is 782. The number of aliphatic hydroxyl groups is 2. The first kappa shape index (κ1) is 28.3. The van der Waals surface area contributed by atoms with Crippen molar-refractivity contribution in [3.05, 3.63) is 0 Å². The lowest BCUT2D eigenvalue weighted by molar-refractivity contribution is -0.214. The minimum Gasteiger partial charge on any atom is -0.388 e. The van der Waals surface area contributed by atoms with Gasteiger partial charge in [-0.25, -0.2) is 0 Å². The van der Waals surface area contributed by atoms with Crippen LogP contribution in [0.2, 0.25) is 0 Å². The highest BCUT2D eigenvalue weighted by Gasteiger charge is 2.58. The first-order chi connectivity index (χ1) is 17.0. The fourth-order valence-electron chi connectivity index (χ4n) is 7.78. The molecule has 5 aliphatic heterocycles. The minimum atomic E-state index is -0.841. The summed E-state index contributed by atoms with van der Waals surface area (Å²) in [5.74, 6) is 0. The molecule has 37 heavy (non-hydrogen) atoms. The molecule has 0 bridgehead atoms. The van der Waals surface area contributed by atoms with Gasteiger partial charge in [0.05, 0.1) is 70.2 Å². The van der Waals surface area contributed by atoms with Crippen molar-refractivity contribution >= 4 is 0 Å². The molecular weight excluding hydrogens is 472 g/mol. The Morgan fingerprint density at radius 3 is 1.14 bits per heavy atom. The van der Waals surface area contributed by atoms with E-state index < -0.39 is 11.2 Å². The topological polar surface area (TPSA) is 86.6 Å². The smallest absolute Gasteiger partial charge is 0.0921 e. The second-order valence-corrected chi connectivity index (χ2v) is 14.8. The van der Waals surface area contributed by atoms with E-state index in [0.29, 0.717) is 0 Å². The lowest BCUT2D eigenvalue weighted by atomic mass is 9.89. The molecule has 2 N–H and O–H groups in total. The second kappa shape index (κ2) is 9.12. The third-order valence-corrected chi connectivity index (χ3v) is 10.6. The molecule has 5 heterocycles. The van der Waals surface area contributed by atoms with E-state index >= 15 is 0 Å². The average molecular weight is 525 g/mol. The van der Waals surface area contributed by atoms with Crippen LogP contribution in [0.5, 0.6) is 0 Å². The summed E-state index contributed by atoms with van der Waals surface area (Å²) in [7, 11) is 0. The molecule has 0 spiro atoms. The Morgan fingerprint density at radius 1 is 0.486 bits per heavy atom. The quantitative estimate of drug-likeness (QED) is 0.515. The highest BCUT2D eigenvalue weighted by atomic mass is 16.6. The summed E-state index contributed by atoms with van der Waals surface area (Å²) in [6, 6.07) is 0. The van der Waals surface area contributed by atoms with Crippen LogP contribution < -0.4 is 0 Å². The molecule has 0 aromatic rings. The third-order valence-electron chi connectivity index (χ3n) is 10.6. The summed E-state index contributed by atoms with van der Waals surface area (Å²) in [6.45, 7) is 16.0. The maximum Gasteiger partial charge on any atom is 0.0921 e. The van der Waals surface area contributed by atoms with Gasteiger partial charge in [-0.1, -0.05) is 0 Å². The standard InChI is InChI=1S/C30H52O7/c1-25(2,31)19-11-15-29(7,34-19)23-13-17-27(5,36-23)21-9-10-22(33-21)28(6)18-14-24(37-28)30(8)16-12-20(35-30)26(3,4)32/h19-24,31-32H,9-18H2,1-8H3/t19-,20-,21+,22+,23-,24+,27+,28-,29+,30+/m1/s1. The molecule has 7 heteroatoms. The van der Waals surface area contributed by atoms with E-state index in [9.17, 15) is 10.2 Å². The van der Waals surface area contributed by atoms with Gasteiger partial charge in [-0.2, -0.15) is 0 Å². The van der Waals surface area contributed by atoms with E-state index in [-0.39, 0.29) is 59.0 Å². The van der Waals surface area contributed by atoms with Crippen LogP contribution in [0.15, 0.2) is 0 Å². The van der Waals surface area contributed by atoms with Crippen LogP contribution in [0.4, 0.5) is 0 Å². The molecule has 0 unspecified atom stereocenters. The summed E-state index contributed by atoms with van der Waals surface area (Å²) in [5, 5.41) is 20.9. The Balaban J connectivity index is 1.18. The van der Waals surface area contributed by atoms with Crippen LogP contribution in [0, 0.1) is 0 Å². The van der Waals surface area contributed by atoms with Gasteiger partial charge in [0, 0.05) is 0 Å². The molecule has 0 amide bonds. The minimum absolute atomic E-state index is 0.0124. The summed E-state index contributed by atoms with van der Waals surface area (Å²) in [5.41, 5.74) is -3.10. The van der Waals surface area contributed by atoms with Crippen molar-refractivity contribution in [1.29, 1.82) is 0 Å². The van der Waals surface area contributed by atoms with Crippen LogP contribution in [0.25, 0.3) is 0 Å². The zero-order valence-corrected chi connectivity index (χ0v) is 24.5. The molecule has 214 valence electrons. The van der Waals surface area contributed by atoms with E-state index in [4.69, 9.17) is 23.7 Å². The van der Waals surface area contributed by atoms with Gasteiger partial charge in [0.2, 0.25) is 0 Å². The van der Waals surface area contributed by atoms with E-state index in [0.717, 1.165) is 64.2 Å². The lowest BCUT2D eigenvalue weighted by Crippen LogP contribution is -2.48. The SMILES string of the molecule is CC(C)(O)[C@H]1CC[C@@](C)([C@@H]2CC[C@](C)([C@@H]3CC[C@@H]([C@]4(C)CC[C@H]([C@]5(C)CC[C@H](C(C)(C)O)O5)O4)O3)O2)O1. The van der Waals surface area contributed by atoms with Crippen molar-refractivity contribution in [3.8, 4) is 0 Å². The molecule has 5 aliphatic rings. The third kappa shape index (κ3) is 5.16. The van der Waals surface area contributed by atoms with Gasteiger partial charge in [0.15, 0.2) is 0 Å².